The molecule has 1 aliphatic rings. The highest BCUT2D eigenvalue weighted by Crippen LogP contribution is 2.22. The fourth-order valence-electron chi connectivity index (χ4n) is 3.38. The van der Waals surface area contributed by atoms with Crippen molar-refractivity contribution >= 4 is 22.2 Å². The molecule has 1 saturated heterocycles. The minimum Gasteiger partial charge on any atom is -0.317 e. The van der Waals surface area contributed by atoms with Gasteiger partial charge in [-0.15, -0.1) is 11.3 Å². The number of nitrogens with one attached hydrogen (secondary N) is 1. The predicted octanol–water partition coefficient (Wildman–Crippen LogP) is 3.89. The molecule has 5 nitrogen and oxygen atoms in total. The van der Waals surface area contributed by atoms with Crippen molar-refractivity contribution in [2.24, 2.45) is 0 Å². The number of piperazine rings is 1. The average Bonchev–Trinajstić information content (AvgIpc) is 3.15. The third-order valence-corrected chi connectivity index (χ3v) is 6.04. The molecule has 0 saturated carbocycles. The number of benzene rings is 1. The molecule has 1 N–H and O–H groups in total. The Morgan fingerprint density at radius 1 is 1.14 bits per heavy atom. The van der Waals surface area contributed by atoms with Gasteiger partial charge in [-0.25, -0.2) is 0 Å². The van der Waals surface area contributed by atoms with Crippen molar-refractivity contribution < 1.29 is 4.79 Å². The first kappa shape index (κ1) is 20.5. The number of nitriles is 1. The van der Waals surface area contributed by atoms with E-state index in [1.54, 1.807) is 6.07 Å². The van der Waals surface area contributed by atoms with Crippen molar-refractivity contribution in [3.8, 4) is 6.07 Å². The highest BCUT2D eigenvalue weighted by Gasteiger charge is 2.18. The Morgan fingerprint density at radius 2 is 1.82 bits per heavy atom. The van der Waals surface area contributed by atoms with E-state index in [0.29, 0.717) is 22.9 Å². The number of nitrogens with zero attached hydrogens (tertiary/aromatic N) is 3. The third-order valence-electron chi connectivity index (χ3n) is 5.21. The zero-order chi connectivity index (χ0) is 19.9. The van der Waals surface area contributed by atoms with Gasteiger partial charge < -0.3 is 10.2 Å². The molecule has 1 aromatic carbocycles. The minimum absolute atomic E-state index is 0.0216. The lowest BCUT2D eigenvalue weighted by Gasteiger charge is -2.34. The summed E-state index contributed by atoms with van der Waals surface area (Å²) in [6.07, 6.45) is 0.458. The maximum Gasteiger partial charge on any atom is 0.226 e. The lowest BCUT2D eigenvalue weighted by Crippen LogP contribution is -2.46. The van der Waals surface area contributed by atoms with E-state index in [2.05, 4.69) is 59.3 Å². The number of thiophene rings is 1. The van der Waals surface area contributed by atoms with E-state index in [1.807, 2.05) is 5.38 Å². The second-order valence-electron chi connectivity index (χ2n) is 7.59. The molecule has 0 unspecified atom stereocenters. The van der Waals surface area contributed by atoms with Crippen molar-refractivity contribution in [2.45, 2.75) is 32.7 Å². The number of hydrogen-bond donors (Lipinski definition) is 1. The van der Waals surface area contributed by atoms with Gasteiger partial charge in [0.15, 0.2) is 0 Å². The second kappa shape index (κ2) is 9.83. The number of carbonyl (C=O) groups excluding carboxylic acids is 1. The second-order valence-corrected chi connectivity index (χ2v) is 8.50. The number of anilines is 1. The number of amides is 1. The van der Waals surface area contributed by atoms with Crippen LogP contribution in [0, 0.1) is 11.3 Å². The first-order chi connectivity index (χ1) is 13.5. The van der Waals surface area contributed by atoms with Crippen LogP contribution in [0.4, 0.5) is 5.00 Å². The topological polar surface area (TPSA) is 59.4 Å². The standard InChI is InChI=1S/C22H28N4OS/c1-17(2)19-5-3-18(4-6-19)16-26-12-10-25(11-13-26)9-7-21(27)24-22-20(15-23)8-14-28-22/h3-6,8,14,17H,7,9-13,16H2,1-2H3,(H,24,27). The van der Waals surface area contributed by atoms with Crippen LogP contribution in [0.15, 0.2) is 35.7 Å². The van der Waals surface area contributed by atoms with E-state index in [0.717, 1.165) is 39.3 Å². The minimum atomic E-state index is -0.0216. The fourth-order valence-corrected chi connectivity index (χ4v) is 4.13. The van der Waals surface area contributed by atoms with Crippen LogP contribution in [0.2, 0.25) is 0 Å². The zero-order valence-electron chi connectivity index (χ0n) is 16.6. The van der Waals surface area contributed by atoms with Crippen LogP contribution in [0.5, 0.6) is 0 Å². The quantitative estimate of drug-likeness (QED) is 0.771. The summed E-state index contributed by atoms with van der Waals surface area (Å²) >= 11 is 1.39. The summed E-state index contributed by atoms with van der Waals surface area (Å²) in [5.41, 5.74) is 3.28. The highest BCUT2D eigenvalue weighted by molar-refractivity contribution is 7.14. The zero-order valence-corrected chi connectivity index (χ0v) is 17.5. The first-order valence-electron chi connectivity index (χ1n) is 9.86. The van der Waals surface area contributed by atoms with E-state index < -0.39 is 0 Å². The monoisotopic (exact) mass is 396 g/mol. The summed E-state index contributed by atoms with van der Waals surface area (Å²) in [4.78, 5) is 17.0. The summed E-state index contributed by atoms with van der Waals surface area (Å²) < 4.78 is 0. The molecule has 1 amide bonds. The van der Waals surface area contributed by atoms with Crippen LogP contribution in [0.3, 0.4) is 0 Å². The summed E-state index contributed by atoms with van der Waals surface area (Å²) in [7, 11) is 0. The van der Waals surface area contributed by atoms with Crippen LogP contribution >= 0.6 is 11.3 Å². The Morgan fingerprint density at radius 3 is 2.46 bits per heavy atom. The molecule has 1 aromatic heterocycles. The van der Waals surface area contributed by atoms with Gasteiger partial charge in [-0.2, -0.15) is 5.26 Å². The summed E-state index contributed by atoms with van der Waals surface area (Å²) in [5.74, 6) is 0.549. The van der Waals surface area contributed by atoms with E-state index in [4.69, 9.17) is 5.26 Å². The van der Waals surface area contributed by atoms with Crippen LogP contribution in [-0.2, 0) is 11.3 Å². The van der Waals surface area contributed by atoms with Crippen LogP contribution < -0.4 is 5.32 Å². The van der Waals surface area contributed by atoms with Gasteiger partial charge in [0.2, 0.25) is 5.91 Å². The van der Waals surface area contributed by atoms with Crippen molar-refractivity contribution in [2.75, 3.05) is 38.0 Å². The molecule has 2 heterocycles. The van der Waals surface area contributed by atoms with Crippen molar-refractivity contribution in [3.63, 3.8) is 0 Å². The first-order valence-corrected chi connectivity index (χ1v) is 10.7. The van der Waals surface area contributed by atoms with Crippen molar-refractivity contribution in [3.05, 3.63) is 52.4 Å². The molecule has 148 valence electrons. The molecule has 1 fully saturated rings. The van der Waals surface area contributed by atoms with Gasteiger partial charge in [-0.3, -0.25) is 9.69 Å². The van der Waals surface area contributed by atoms with Gasteiger partial charge in [-0.1, -0.05) is 38.1 Å². The van der Waals surface area contributed by atoms with Gasteiger partial charge in [0.25, 0.3) is 0 Å². The Balaban J connectivity index is 1.38. The lowest BCUT2D eigenvalue weighted by molar-refractivity contribution is -0.116. The van der Waals surface area contributed by atoms with E-state index in [9.17, 15) is 4.79 Å². The van der Waals surface area contributed by atoms with Gasteiger partial charge in [0.1, 0.15) is 11.1 Å². The molecule has 6 heteroatoms. The normalized spacial score (nSPS) is 15.5. The van der Waals surface area contributed by atoms with Gasteiger partial charge in [0, 0.05) is 45.7 Å². The molecular weight excluding hydrogens is 368 g/mol. The van der Waals surface area contributed by atoms with Gasteiger partial charge in [-0.05, 0) is 28.5 Å². The Bertz CT molecular complexity index is 814. The predicted molar refractivity (Wildman–Crippen MR) is 115 cm³/mol. The molecule has 0 radical (unpaired) electrons. The molecule has 3 rings (SSSR count). The molecule has 1 aliphatic heterocycles. The summed E-state index contributed by atoms with van der Waals surface area (Å²) in [6.45, 7) is 10.2. The third kappa shape index (κ3) is 5.65. The lowest BCUT2D eigenvalue weighted by atomic mass is 10.0. The number of carbonyl (C=O) groups is 1. The average molecular weight is 397 g/mol. The SMILES string of the molecule is CC(C)c1ccc(CN2CCN(CCC(=O)Nc3sccc3C#N)CC2)cc1. The van der Waals surface area contributed by atoms with Crippen LogP contribution in [0.1, 0.15) is 42.9 Å². The molecule has 0 atom stereocenters. The number of hydrogen-bond acceptors (Lipinski definition) is 5. The fraction of sp³-hybridized carbons (Fsp3) is 0.455. The molecule has 0 spiro atoms. The summed E-state index contributed by atoms with van der Waals surface area (Å²) in [5, 5.41) is 14.3. The highest BCUT2D eigenvalue weighted by atomic mass is 32.1. The van der Waals surface area contributed by atoms with Gasteiger partial charge in [0.05, 0.1) is 5.56 Å². The van der Waals surface area contributed by atoms with Gasteiger partial charge >= 0.3 is 0 Å². The van der Waals surface area contributed by atoms with Crippen LogP contribution in [-0.4, -0.2) is 48.4 Å². The largest absolute Gasteiger partial charge is 0.317 e. The molecule has 0 bridgehead atoms. The maximum absolute atomic E-state index is 12.2. The van der Waals surface area contributed by atoms with E-state index in [-0.39, 0.29) is 5.91 Å². The Hall–Kier alpha value is -2.20. The number of rotatable bonds is 7. The molecular formula is C22H28N4OS. The van der Waals surface area contributed by atoms with E-state index in [1.165, 1.54) is 22.5 Å². The molecule has 2 aromatic rings. The maximum atomic E-state index is 12.2. The smallest absolute Gasteiger partial charge is 0.226 e. The Labute approximate surface area is 171 Å². The van der Waals surface area contributed by atoms with Crippen molar-refractivity contribution in [1.82, 2.24) is 9.80 Å². The van der Waals surface area contributed by atoms with Crippen molar-refractivity contribution in [1.29, 1.82) is 5.26 Å². The summed E-state index contributed by atoms with van der Waals surface area (Å²) in [6, 6.07) is 12.8. The van der Waals surface area contributed by atoms with E-state index >= 15 is 0 Å². The van der Waals surface area contributed by atoms with Crippen LogP contribution in [0.25, 0.3) is 0 Å². The molecule has 0 aliphatic carbocycles. The molecule has 28 heavy (non-hydrogen) atoms. The Kier molecular flexibility index (Phi) is 7.21.